The Labute approximate surface area is 174 Å². The van der Waals surface area contributed by atoms with Gasteiger partial charge in [0, 0.05) is 5.56 Å². The van der Waals surface area contributed by atoms with Crippen molar-refractivity contribution in [3.63, 3.8) is 0 Å². The molecule has 160 valence electrons. The van der Waals surface area contributed by atoms with Crippen molar-refractivity contribution in [3.8, 4) is 5.75 Å². The quantitative estimate of drug-likeness (QED) is 0.203. The Morgan fingerprint density at radius 1 is 0.750 bits per heavy atom. The molecule has 0 aliphatic carbocycles. The van der Waals surface area contributed by atoms with Gasteiger partial charge in [-0.25, -0.2) is 0 Å². The van der Waals surface area contributed by atoms with Crippen LogP contribution in [0.1, 0.15) is 127 Å². The van der Waals surface area contributed by atoms with Gasteiger partial charge in [0.15, 0.2) is 0 Å². The standard InChI is InChI=1S/C26H44O2/c1-2-3-4-5-6-7-8-9-10-11-12-13-14-15-16-17-19-23-20-18-21-24(27)26(23)25-22-28-25/h18,20-21,25,27H,2-17,19,22H2,1H3. The molecule has 2 rings (SSSR count). The molecule has 2 nitrogen and oxygen atoms in total. The van der Waals surface area contributed by atoms with Gasteiger partial charge < -0.3 is 9.84 Å². The zero-order valence-electron chi connectivity index (χ0n) is 18.4. The lowest BCUT2D eigenvalue weighted by atomic mass is 9.97. The van der Waals surface area contributed by atoms with Crippen molar-refractivity contribution in [1.82, 2.24) is 0 Å². The number of hydrogen-bond acceptors (Lipinski definition) is 2. The molecule has 0 saturated carbocycles. The van der Waals surface area contributed by atoms with Gasteiger partial charge in [-0.1, -0.05) is 115 Å². The highest BCUT2D eigenvalue weighted by atomic mass is 16.6. The lowest BCUT2D eigenvalue weighted by Crippen LogP contribution is -1.94. The van der Waals surface area contributed by atoms with E-state index < -0.39 is 0 Å². The van der Waals surface area contributed by atoms with Crippen molar-refractivity contribution in [2.75, 3.05) is 6.61 Å². The van der Waals surface area contributed by atoms with Crippen molar-refractivity contribution in [1.29, 1.82) is 0 Å². The van der Waals surface area contributed by atoms with E-state index in [-0.39, 0.29) is 6.10 Å². The predicted molar refractivity (Wildman–Crippen MR) is 120 cm³/mol. The van der Waals surface area contributed by atoms with E-state index in [2.05, 4.69) is 13.0 Å². The van der Waals surface area contributed by atoms with Crippen LogP contribution in [0.3, 0.4) is 0 Å². The van der Waals surface area contributed by atoms with Crippen LogP contribution in [0.25, 0.3) is 0 Å². The first-order chi connectivity index (χ1) is 13.8. The van der Waals surface area contributed by atoms with Crippen LogP contribution >= 0.6 is 0 Å². The zero-order valence-corrected chi connectivity index (χ0v) is 18.4. The minimum Gasteiger partial charge on any atom is -0.508 e. The molecule has 0 aromatic heterocycles. The maximum atomic E-state index is 10.1. The fourth-order valence-electron chi connectivity index (χ4n) is 4.27. The van der Waals surface area contributed by atoms with Gasteiger partial charge in [0.1, 0.15) is 11.9 Å². The molecule has 1 fully saturated rings. The average molecular weight is 389 g/mol. The number of aromatic hydroxyl groups is 1. The van der Waals surface area contributed by atoms with E-state index in [1.807, 2.05) is 6.07 Å². The molecule has 0 bridgehead atoms. The van der Waals surface area contributed by atoms with Crippen molar-refractivity contribution in [2.24, 2.45) is 0 Å². The minimum absolute atomic E-state index is 0.150. The van der Waals surface area contributed by atoms with Crippen molar-refractivity contribution in [3.05, 3.63) is 29.3 Å². The second-order valence-electron chi connectivity index (χ2n) is 8.73. The van der Waals surface area contributed by atoms with E-state index in [4.69, 9.17) is 4.74 Å². The molecular formula is C26H44O2. The molecule has 1 atom stereocenters. The van der Waals surface area contributed by atoms with Crippen molar-refractivity contribution < 1.29 is 9.84 Å². The summed E-state index contributed by atoms with van der Waals surface area (Å²) in [6.45, 7) is 3.06. The van der Waals surface area contributed by atoms with E-state index in [1.54, 1.807) is 6.07 Å². The van der Waals surface area contributed by atoms with Crippen LogP contribution in [0.4, 0.5) is 0 Å². The van der Waals surface area contributed by atoms with Gasteiger partial charge in [0.05, 0.1) is 6.61 Å². The van der Waals surface area contributed by atoms with Gasteiger partial charge in [-0.2, -0.15) is 0 Å². The number of benzene rings is 1. The van der Waals surface area contributed by atoms with Crippen molar-refractivity contribution in [2.45, 2.75) is 122 Å². The molecule has 2 heteroatoms. The number of ether oxygens (including phenoxy) is 1. The van der Waals surface area contributed by atoms with Crippen LogP contribution in [0.5, 0.6) is 5.75 Å². The first-order valence-corrected chi connectivity index (χ1v) is 12.2. The van der Waals surface area contributed by atoms with E-state index >= 15 is 0 Å². The maximum Gasteiger partial charge on any atom is 0.121 e. The number of epoxide rings is 1. The first-order valence-electron chi connectivity index (χ1n) is 12.2. The molecule has 1 aliphatic heterocycles. The molecule has 1 N–H and O–H groups in total. The Morgan fingerprint density at radius 3 is 1.68 bits per heavy atom. The number of rotatable bonds is 18. The fourth-order valence-corrected chi connectivity index (χ4v) is 4.27. The molecule has 1 unspecified atom stereocenters. The summed E-state index contributed by atoms with van der Waals surface area (Å²) in [6.07, 6.45) is 23.7. The average Bonchev–Trinajstić information content (AvgIpc) is 3.52. The first kappa shape index (κ1) is 23.3. The minimum atomic E-state index is 0.150. The third-order valence-electron chi connectivity index (χ3n) is 6.13. The summed E-state index contributed by atoms with van der Waals surface area (Å²) in [5.74, 6) is 0.413. The van der Waals surface area contributed by atoms with Crippen LogP contribution in [0.2, 0.25) is 0 Å². The number of phenols is 1. The van der Waals surface area contributed by atoms with E-state index in [0.717, 1.165) is 18.6 Å². The van der Waals surface area contributed by atoms with E-state index in [9.17, 15) is 5.11 Å². The lowest BCUT2D eigenvalue weighted by molar-refractivity contribution is 0.398. The molecule has 0 radical (unpaired) electrons. The van der Waals surface area contributed by atoms with Gasteiger partial charge in [-0.05, 0) is 24.5 Å². The Morgan fingerprint density at radius 2 is 1.21 bits per heavy atom. The van der Waals surface area contributed by atoms with E-state index in [0.29, 0.717) is 5.75 Å². The molecule has 28 heavy (non-hydrogen) atoms. The van der Waals surface area contributed by atoms with Gasteiger partial charge in [-0.15, -0.1) is 0 Å². The molecule has 1 aliphatic rings. The summed E-state index contributed by atoms with van der Waals surface area (Å²) in [5.41, 5.74) is 2.33. The largest absolute Gasteiger partial charge is 0.508 e. The summed E-state index contributed by atoms with van der Waals surface area (Å²) in [5, 5.41) is 10.1. The van der Waals surface area contributed by atoms with Gasteiger partial charge in [0.2, 0.25) is 0 Å². The van der Waals surface area contributed by atoms with Crippen LogP contribution in [0.15, 0.2) is 18.2 Å². The summed E-state index contributed by atoms with van der Waals surface area (Å²) in [7, 11) is 0. The summed E-state index contributed by atoms with van der Waals surface area (Å²) >= 11 is 0. The second-order valence-corrected chi connectivity index (χ2v) is 8.73. The van der Waals surface area contributed by atoms with Gasteiger partial charge >= 0.3 is 0 Å². The summed E-state index contributed by atoms with van der Waals surface area (Å²) in [4.78, 5) is 0. The molecule has 1 aromatic carbocycles. The fraction of sp³-hybridized carbons (Fsp3) is 0.769. The smallest absolute Gasteiger partial charge is 0.121 e. The Bertz CT molecular complexity index is 507. The topological polar surface area (TPSA) is 32.8 Å². The number of aryl methyl sites for hydroxylation is 1. The zero-order chi connectivity index (χ0) is 19.9. The normalized spacial score (nSPS) is 15.8. The van der Waals surface area contributed by atoms with Crippen LogP contribution in [-0.2, 0) is 11.2 Å². The number of unbranched alkanes of at least 4 members (excludes halogenated alkanes) is 15. The molecule has 0 spiro atoms. The Balaban J connectivity index is 1.36. The molecule has 1 heterocycles. The molecule has 1 saturated heterocycles. The molecule has 1 aromatic rings. The van der Waals surface area contributed by atoms with E-state index in [1.165, 1.54) is 108 Å². The number of phenolic OH excluding ortho intramolecular Hbond substituents is 1. The SMILES string of the molecule is CCCCCCCCCCCCCCCCCCc1cccc(O)c1C1CO1. The van der Waals surface area contributed by atoms with Gasteiger partial charge in [0.25, 0.3) is 0 Å². The summed E-state index contributed by atoms with van der Waals surface area (Å²) in [6, 6.07) is 5.90. The monoisotopic (exact) mass is 388 g/mol. The van der Waals surface area contributed by atoms with Gasteiger partial charge in [-0.3, -0.25) is 0 Å². The molecule has 0 amide bonds. The number of hydrogen-bond donors (Lipinski definition) is 1. The second kappa shape index (κ2) is 14.9. The highest BCUT2D eigenvalue weighted by Crippen LogP contribution is 2.38. The van der Waals surface area contributed by atoms with Crippen LogP contribution in [0, 0.1) is 0 Å². The van der Waals surface area contributed by atoms with Crippen LogP contribution in [-0.4, -0.2) is 11.7 Å². The third-order valence-corrected chi connectivity index (χ3v) is 6.13. The third kappa shape index (κ3) is 9.96. The lowest BCUT2D eigenvalue weighted by Gasteiger charge is -2.09. The Hall–Kier alpha value is -1.02. The van der Waals surface area contributed by atoms with Crippen LogP contribution < -0.4 is 0 Å². The predicted octanol–water partition coefficient (Wildman–Crippen LogP) is 8.27. The summed E-state index contributed by atoms with van der Waals surface area (Å²) < 4.78 is 5.39. The maximum absolute atomic E-state index is 10.1. The highest BCUT2D eigenvalue weighted by Gasteiger charge is 2.29. The van der Waals surface area contributed by atoms with Crippen molar-refractivity contribution >= 4 is 0 Å². The molecular weight excluding hydrogens is 344 g/mol. The Kier molecular flexibility index (Phi) is 12.4. The highest BCUT2D eigenvalue weighted by molar-refractivity contribution is 5.42.